The van der Waals surface area contributed by atoms with Gasteiger partial charge in [0.25, 0.3) is 0 Å². The maximum Gasteiger partial charge on any atom is 0.247 e. The van der Waals surface area contributed by atoms with Crippen LogP contribution in [0.4, 0.5) is 17.8 Å². The Hall–Kier alpha value is -1.71. The third-order valence-corrected chi connectivity index (χ3v) is 2.45. The van der Waals surface area contributed by atoms with E-state index in [1.54, 1.807) is 0 Å². The summed E-state index contributed by atoms with van der Waals surface area (Å²) < 4.78 is 0. The average Bonchev–Trinajstić information content (AvgIpc) is 2.32. The summed E-state index contributed by atoms with van der Waals surface area (Å²) in [4.78, 5) is 11.4. The van der Waals surface area contributed by atoms with Crippen molar-refractivity contribution in [2.75, 3.05) is 23.0 Å². The number of aromatic nitrogens is 3. The fourth-order valence-corrected chi connectivity index (χ4v) is 1.47. The van der Waals surface area contributed by atoms with E-state index in [9.17, 15) is 0 Å². The summed E-state index contributed by atoms with van der Waals surface area (Å²) in [6, 6.07) is 0. The number of anilines is 3. The maximum absolute atomic E-state index is 5.92. The molecule has 9 nitrogen and oxygen atoms in total. The molecule has 18 heavy (non-hydrogen) atoms. The minimum atomic E-state index is -0.399. The third-order valence-electron chi connectivity index (χ3n) is 2.45. The first-order valence-corrected chi connectivity index (χ1v) is 5.81. The first-order valence-electron chi connectivity index (χ1n) is 5.81. The summed E-state index contributed by atoms with van der Waals surface area (Å²) in [6.07, 6.45) is 3.23. The monoisotopic (exact) mass is 255 g/mol. The molecule has 0 aliphatic rings. The summed E-state index contributed by atoms with van der Waals surface area (Å²) in [5.74, 6) is 6.02. The largest absolute Gasteiger partial charge is 0.368 e. The standard InChI is InChI=1S/C9H21N9/c10-5-3-1-2-4-6(11)18(14)9-16-7(12)15-8(13)17-9/h6H,1-5,10-11,14H2,(H4,12,13,15,16,17). The minimum absolute atomic E-state index is 0.0169. The molecule has 0 fully saturated rings. The van der Waals surface area contributed by atoms with Gasteiger partial charge in [0, 0.05) is 0 Å². The summed E-state index contributed by atoms with van der Waals surface area (Å²) in [6.45, 7) is 0.683. The molecule has 0 amide bonds. The van der Waals surface area contributed by atoms with Crippen molar-refractivity contribution < 1.29 is 0 Å². The van der Waals surface area contributed by atoms with Crippen LogP contribution in [0, 0.1) is 0 Å². The molecule has 102 valence electrons. The SMILES string of the molecule is NCCCCCC(N)N(N)c1nc(N)nc(N)n1. The zero-order valence-corrected chi connectivity index (χ0v) is 10.3. The second-order valence-electron chi connectivity index (χ2n) is 3.96. The van der Waals surface area contributed by atoms with E-state index < -0.39 is 6.17 Å². The van der Waals surface area contributed by atoms with Crippen LogP contribution in [0.2, 0.25) is 0 Å². The highest BCUT2D eigenvalue weighted by Gasteiger charge is 2.15. The molecule has 10 N–H and O–H groups in total. The lowest BCUT2D eigenvalue weighted by molar-refractivity contribution is 0.524. The van der Waals surface area contributed by atoms with Crippen molar-refractivity contribution >= 4 is 17.8 Å². The van der Waals surface area contributed by atoms with E-state index in [0.717, 1.165) is 19.3 Å². The molecule has 9 heteroatoms. The van der Waals surface area contributed by atoms with Gasteiger partial charge in [-0.15, -0.1) is 0 Å². The molecular weight excluding hydrogens is 234 g/mol. The zero-order chi connectivity index (χ0) is 13.5. The number of hydrogen-bond donors (Lipinski definition) is 5. The van der Waals surface area contributed by atoms with Gasteiger partial charge in [-0.05, 0) is 25.8 Å². The Balaban J connectivity index is 2.54. The van der Waals surface area contributed by atoms with Crippen LogP contribution in [0.15, 0.2) is 0 Å². The Bertz CT molecular complexity index is 349. The molecule has 0 saturated heterocycles. The Morgan fingerprint density at radius 1 is 1.00 bits per heavy atom. The van der Waals surface area contributed by atoms with E-state index in [0.29, 0.717) is 13.0 Å². The lowest BCUT2D eigenvalue weighted by atomic mass is 10.1. The van der Waals surface area contributed by atoms with Gasteiger partial charge in [-0.2, -0.15) is 15.0 Å². The van der Waals surface area contributed by atoms with Crippen molar-refractivity contribution in [1.82, 2.24) is 15.0 Å². The molecule has 0 spiro atoms. The smallest absolute Gasteiger partial charge is 0.247 e. The number of hydrogen-bond acceptors (Lipinski definition) is 9. The fourth-order valence-electron chi connectivity index (χ4n) is 1.47. The number of nitrogen functional groups attached to an aromatic ring is 2. The molecule has 0 aliphatic heterocycles. The van der Waals surface area contributed by atoms with Gasteiger partial charge in [0.05, 0.1) is 6.17 Å². The molecule has 1 aromatic heterocycles. The molecule has 0 saturated carbocycles. The summed E-state index contributed by atoms with van der Waals surface area (Å²) in [5, 5.41) is 1.25. The van der Waals surface area contributed by atoms with Crippen LogP contribution in [0.5, 0.6) is 0 Å². The Kier molecular flexibility index (Phi) is 5.49. The number of unbranched alkanes of at least 4 members (excludes halogenated alkanes) is 2. The van der Waals surface area contributed by atoms with Crippen LogP contribution < -0.4 is 33.8 Å². The molecule has 0 aliphatic carbocycles. The molecule has 1 unspecified atom stereocenters. The maximum atomic E-state index is 5.92. The van der Waals surface area contributed by atoms with Crippen LogP contribution in [-0.2, 0) is 0 Å². The van der Waals surface area contributed by atoms with Crippen molar-refractivity contribution in [3.05, 3.63) is 0 Å². The fraction of sp³-hybridized carbons (Fsp3) is 0.667. The van der Waals surface area contributed by atoms with E-state index in [1.807, 2.05) is 0 Å². The van der Waals surface area contributed by atoms with Gasteiger partial charge in [-0.1, -0.05) is 6.42 Å². The average molecular weight is 255 g/mol. The van der Waals surface area contributed by atoms with Gasteiger partial charge in [0.2, 0.25) is 17.8 Å². The van der Waals surface area contributed by atoms with Crippen molar-refractivity contribution in [2.24, 2.45) is 17.3 Å². The number of nitrogens with zero attached hydrogens (tertiary/aromatic N) is 4. The van der Waals surface area contributed by atoms with Crippen molar-refractivity contribution in [3.63, 3.8) is 0 Å². The van der Waals surface area contributed by atoms with Crippen molar-refractivity contribution in [1.29, 1.82) is 0 Å². The van der Waals surface area contributed by atoms with Gasteiger partial charge in [-0.3, -0.25) is 5.01 Å². The first kappa shape index (κ1) is 14.4. The second kappa shape index (κ2) is 6.89. The lowest BCUT2D eigenvalue weighted by Gasteiger charge is -2.23. The Labute approximate surface area is 106 Å². The van der Waals surface area contributed by atoms with E-state index in [2.05, 4.69) is 15.0 Å². The number of hydrazine groups is 1. The van der Waals surface area contributed by atoms with Crippen LogP contribution >= 0.6 is 0 Å². The van der Waals surface area contributed by atoms with Crippen LogP contribution in [-0.4, -0.2) is 27.7 Å². The van der Waals surface area contributed by atoms with E-state index in [1.165, 1.54) is 5.01 Å². The molecule has 0 bridgehead atoms. The topological polar surface area (TPSA) is 172 Å². The molecular formula is C9H21N9. The van der Waals surface area contributed by atoms with Gasteiger partial charge >= 0.3 is 0 Å². The zero-order valence-electron chi connectivity index (χ0n) is 10.3. The number of rotatable bonds is 7. The van der Waals surface area contributed by atoms with Gasteiger partial charge in [-0.25, -0.2) is 5.84 Å². The first-order chi connectivity index (χ1) is 8.54. The highest BCUT2D eigenvalue weighted by atomic mass is 15.5. The summed E-state index contributed by atoms with van der Waals surface area (Å²) in [7, 11) is 0. The van der Waals surface area contributed by atoms with Crippen molar-refractivity contribution in [2.45, 2.75) is 31.8 Å². The molecule has 1 aromatic rings. The van der Waals surface area contributed by atoms with Crippen LogP contribution in [0.1, 0.15) is 25.7 Å². The molecule has 1 heterocycles. The van der Waals surface area contributed by atoms with Gasteiger partial charge < -0.3 is 22.9 Å². The predicted molar refractivity (Wildman–Crippen MR) is 70.8 cm³/mol. The highest BCUT2D eigenvalue weighted by Crippen LogP contribution is 2.11. The molecule has 0 aromatic carbocycles. The van der Waals surface area contributed by atoms with Gasteiger partial charge in [0.1, 0.15) is 0 Å². The predicted octanol–water partition coefficient (Wildman–Crippen LogP) is -1.48. The molecule has 0 radical (unpaired) electrons. The molecule has 1 rings (SSSR count). The van der Waals surface area contributed by atoms with Crippen LogP contribution in [0.25, 0.3) is 0 Å². The van der Waals surface area contributed by atoms with Crippen LogP contribution in [0.3, 0.4) is 0 Å². The van der Waals surface area contributed by atoms with Gasteiger partial charge in [0.15, 0.2) is 0 Å². The minimum Gasteiger partial charge on any atom is -0.368 e. The normalized spacial score (nSPS) is 12.4. The lowest BCUT2D eigenvalue weighted by Crippen LogP contribution is -2.48. The van der Waals surface area contributed by atoms with E-state index in [-0.39, 0.29) is 17.8 Å². The Morgan fingerprint density at radius 3 is 2.17 bits per heavy atom. The molecule has 1 atom stereocenters. The summed E-state index contributed by atoms with van der Waals surface area (Å²) in [5.41, 5.74) is 22.2. The second-order valence-corrected chi connectivity index (χ2v) is 3.96. The number of nitrogens with two attached hydrogens (primary N) is 5. The van der Waals surface area contributed by atoms with Crippen molar-refractivity contribution in [3.8, 4) is 0 Å². The summed E-state index contributed by atoms with van der Waals surface area (Å²) >= 11 is 0. The third kappa shape index (κ3) is 4.28. The highest BCUT2D eigenvalue weighted by molar-refractivity contribution is 5.38. The quantitative estimate of drug-likeness (QED) is 0.168. The van der Waals surface area contributed by atoms with E-state index in [4.69, 9.17) is 28.8 Å². The Morgan fingerprint density at radius 2 is 1.61 bits per heavy atom. The van der Waals surface area contributed by atoms with E-state index >= 15 is 0 Å².